The first-order valence-corrected chi connectivity index (χ1v) is 5.68. The molecule has 2 aromatic rings. The van der Waals surface area contributed by atoms with Crippen LogP contribution in [0.3, 0.4) is 0 Å². The summed E-state index contributed by atoms with van der Waals surface area (Å²) in [6, 6.07) is 15.9. The Hall–Kier alpha value is -2.14. The fourth-order valence-corrected chi connectivity index (χ4v) is 1.70. The van der Waals surface area contributed by atoms with Gasteiger partial charge in [0.2, 0.25) is 0 Å². The highest BCUT2D eigenvalue weighted by Gasteiger charge is 2.02. The molecule has 2 nitrogen and oxygen atoms in total. The number of nitrogens with zero attached hydrogens (tertiary/aromatic N) is 2. The van der Waals surface area contributed by atoms with Crippen LogP contribution in [0.5, 0.6) is 0 Å². The summed E-state index contributed by atoms with van der Waals surface area (Å²) >= 11 is 0. The number of aromatic nitrogens is 1. The second-order valence-corrected chi connectivity index (χ2v) is 4.30. The van der Waals surface area contributed by atoms with E-state index in [4.69, 9.17) is 5.26 Å². The SMILES string of the molecule is CC(C)c1ccc(-c2cccc(C#N)n2)cc1. The number of rotatable bonds is 2. The number of pyridine rings is 1. The molecule has 0 aliphatic heterocycles. The van der Waals surface area contributed by atoms with Crippen LogP contribution in [-0.4, -0.2) is 4.98 Å². The van der Waals surface area contributed by atoms with E-state index in [2.05, 4.69) is 49.2 Å². The van der Waals surface area contributed by atoms with E-state index in [0.29, 0.717) is 11.6 Å². The first-order chi connectivity index (χ1) is 8.20. The van der Waals surface area contributed by atoms with Gasteiger partial charge in [0, 0.05) is 5.56 Å². The summed E-state index contributed by atoms with van der Waals surface area (Å²) in [7, 11) is 0. The lowest BCUT2D eigenvalue weighted by molar-refractivity contribution is 0.867. The largest absolute Gasteiger partial charge is 0.237 e. The molecule has 2 rings (SSSR count). The molecule has 84 valence electrons. The van der Waals surface area contributed by atoms with Gasteiger partial charge < -0.3 is 0 Å². The first kappa shape index (κ1) is 11.3. The summed E-state index contributed by atoms with van der Waals surface area (Å²) in [5, 5.41) is 8.81. The number of hydrogen-bond donors (Lipinski definition) is 0. The average Bonchev–Trinajstić information content (AvgIpc) is 2.39. The normalized spacial score (nSPS) is 10.2. The maximum absolute atomic E-state index is 8.81. The zero-order chi connectivity index (χ0) is 12.3. The summed E-state index contributed by atoms with van der Waals surface area (Å²) in [4.78, 5) is 4.27. The highest BCUT2D eigenvalue weighted by atomic mass is 14.7. The molecule has 0 radical (unpaired) electrons. The molecule has 1 aromatic heterocycles. The van der Waals surface area contributed by atoms with Crippen molar-refractivity contribution in [1.82, 2.24) is 4.98 Å². The van der Waals surface area contributed by atoms with Crippen LogP contribution in [0.25, 0.3) is 11.3 Å². The van der Waals surface area contributed by atoms with Crippen LogP contribution in [0.15, 0.2) is 42.5 Å². The average molecular weight is 222 g/mol. The van der Waals surface area contributed by atoms with Crippen molar-refractivity contribution in [3.63, 3.8) is 0 Å². The van der Waals surface area contributed by atoms with Crippen LogP contribution < -0.4 is 0 Å². The van der Waals surface area contributed by atoms with Gasteiger partial charge in [-0.3, -0.25) is 0 Å². The van der Waals surface area contributed by atoms with E-state index in [1.807, 2.05) is 12.1 Å². The van der Waals surface area contributed by atoms with E-state index in [-0.39, 0.29) is 0 Å². The summed E-state index contributed by atoms with van der Waals surface area (Å²) in [6.45, 7) is 4.34. The molecule has 2 heteroatoms. The second kappa shape index (κ2) is 4.80. The number of nitriles is 1. The summed E-state index contributed by atoms with van der Waals surface area (Å²) < 4.78 is 0. The Labute approximate surface area is 102 Å². The Morgan fingerprint density at radius 1 is 1.06 bits per heavy atom. The minimum Gasteiger partial charge on any atom is -0.237 e. The van der Waals surface area contributed by atoms with E-state index in [9.17, 15) is 0 Å². The third kappa shape index (κ3) is 2.51. The van der Waals surface area contributed by atoms with Gasteiger partial charge in [0.1, 0.15) is 11.8 Å². The molecule has 0 aliphatic carbocycles. The maximum atomic E-state index is 8.81. The van der Waals surface area contributed by atoms with Gasteiger partial charge in [0.05, 0.1) is 5.69 Å². The molecular weight excluding hydrogens is 208 g/mol. The highest BCUT2D eigenvalue weighted by Crippen LogP contribution is 2.21. The van der Waals surface area contributed by atoms with Crippen molar-refractivity contribution in [3.8, 4) is 17.3 Å². The molecule has 1 aromatic carbocycles. The zero-order valence-electron chi connectivity index (χ0n) is 10.0. The lowest BCUT2D eigenvalue weighted by Crippen LogP contribution is -1.89. The molecular formula is C15H14N2. The molecule has 17 heavy (non-hydrogen) atoms. The Morgan fingerprint density at radius 2 is 1.76 bits per heavy atom. The number of benzene rings is 1. The van der Waals surface area contributed by atoms with Gasteiger partial charge in [-0.15, -0.1) is 0 Å². The van der Waals surface area contributed by atoms with Gasteiger partial charge >= 0.3 is 0 Å². The van der Waals surface area contributed by atoms with Crippen LogP contribution in [-0.2, 0) is 0 Å². The lowest BCUT2D eigenvalue weighted by atomic mass is 10.0. The maximum Gasteiger partial charge on any atom is 0.141 e. The van der Waals surface area contributed by atoms with Crippen molar-refractivity contribution >= 4 is 0 Å². The Bertz CT molecular complexity index is 548. The predicted octanol–water partition coefficient (Wildman–Crippen LogP) is 3.74. The van der Waals surface area contributed by atoms with Crippen molar-refractivity contribution in [2.75, 3.05) is 0 Å². The van der Waals surface area contributed by atoms with Crippen molar-refractivity contribution in [2.45, 2.75) is 19.8 Å². The monoisotopic (exact) mass is 222 g/mol. The number of hydrogen-bond acceptors (Lipinski definition) is 2. The molecule has 0 fully saturated rings. The van der Waals surface area contributed by atoms with E-state index in [0.717, 1.165) is 11.3 Å². The minimum absolute atomic E-state index is 0.454. The Morgan fingerprint density at radius 3 is 2.35 bits per heavy atom. The first-order valence-electron chi connectivity index (χ1n) is 5.68. The van der Waals surface area contributed by atoms with Gasteiger partial charge in [0.25, 0.3) is 0 Å². The highest BCUT2D eigenvalue weighted by molar-refractivity contribution is 5.60. The second-order valence-electron chi connectivity index (χ2n) is 4.30. The zero-order valence-corrected chi connectivity index (χ0v) is 10.0. The van der Waals surface area contributed by atoms with Crippen molar-refractivity contribution in [3.05, 3.63) is 53.7 Å². The van der Waals surface area contributed by atoms with Crippen molar-refractivity contribution in [2.24, 2.45) is 0 Å². The topological polar surface area (TPSA) is 36.7 Å². The molecule has 0 bridgehead atoms. The minimum atomic E-state index is 0.454. The summed E-state index contributed by atoms with van der Waals surface area (Å²) in [6.07, 6.45) is 0. The molecule has 0 amide bonds. The predicted molar refractivity (Wildman–Crippen MR) is 68.5 cm³/mol. The van der Waals surface area contributed by atoms with Gasteiger partial charge in [-0.05, 0) is 23.6 Å². The third-order valence-electron chi connectivity index (χ3n) is 2.74. The Kier molecular flexibility index (Phi) is 3.20. The lowest BCUT2D eigenvalue weighted by Gasteiger charge is -2.06. The smallest absolute Gasteiger partial charge is 0.141 e. The van der Waals surface area contributed by atoms with Gasteiger partial charge in [-0.2, -0.15) is 5.26 Å². The fourth-order valence-electron chi connectivity index (χ4n) is 1.70. The van der Waals surface area contributed by atoms with Gasteiger partial charge in [-0.1, -0.05) is 44.2 Å². The van der Waals surface area contributed by atoms with E-state index in [1.165, 1.54) is 5.56 Å². The van der Waals surface area contributed by atoms with Gasteiger partial charge in [-0.25, -0.2) is 4.98 Å². The summed E-state index contributed by atoms with van der Waals surface area (Å²) in [5.74, 6) is 0.530. The van der Waals surface area contributed by atoms with E-state index < -0.39 is 0 Å². The fraction of sp³-hybridized carbons (Fsp3) is 0.200. The van der Waals surface area contributed by atoms with E-state index >= 15 is 0 Å². The molecule has 0 atom stereocenters. The third-order valence-corrected chi connectivity index (χ3v) is 2.74. The Balaban J connectivity index is 2.37. The van der Waals surface area contributed by atoms with Gasteiger partial charge in [0.15, 0.2) is 0 Å². The molecule has 0 aliphatic rings. The molecule has 0 N–H and O–H groups in total. The molecule has 0 saturated heterocycles. The molecule has 0 saturated carbocycles. The quantitative estimate of drug-likeness (QED) is 0.776. The van der Waals surface area contributed by atoms with Crippen LogP contribution in [0.1, 0.15) is 31.0 Å². The standard InChI is InChI=1S/C15H14N2/c1-11(2)12-6-8-13(9-7-12)15-5-3-4-14(10-16)17-15/h3-9,11H,1-2H3. The van der Waals surface area contributed by atoms with Crippen LogP contribution in [0.4, 0.5) is 0 Å². The van der Waals surface area contributed by atoms with Crippen molar-refractivity contribution in [1.29, 1.82) is 5.26 Å². The van der Waals surface area contributed by atoms with Crippen LogP contribution >= 0.6 is 0 Å². The van der Waals surface area contributed by atoms with Crippen LogP contribution in [0.2, 0.25) is 0 Å². The van der Waals surface area contributed by atoms with E-state index in [1.54, 1.807) is 6.07 Å². The molecule has 0 unspecified atom stereocenters. The molecule has 1 heterocycles. The summed E-state index contributed by atoms with van der Waals surface area (Å²) in [5.41, 5.74) is 3.66. The van der Waals surface area contributed by atoms with Crippen LogP contribution in [0, 0.1) is 11.3 Å². The van der Waals surface area contributed by atoms with Crippen molar-refractivity contribution < 1.29 is 0 Å². The molecule has 0 spiro atoms.